The van der Waals surface area contributed by atoms with Crippen molar-refractivity contribution in [2.75, 3.05) is 14.1 Å². The molecule has 0 aromatic carbocycles. The van der Waals surface area contributed by atoms with E-state index in [4.69, 9.17) is 10.5 Å². The first-order valence-corrected chi connectivity index (χ1v) is 4.40. The average Bonchev–Trinajstić information content (AvgIpc) is 2.02. The molecule has 0 bridgehead atoms. The van der Waals surface area contributed by atoms with E-state index in [-0.39, 0.29) is 17.9 Å². The van der Waals surface area contributed by atoms with Gasteiger partial charge in [0.2, 0.25) is 5.91 Å². The smallest absolute Gasteiger partial charge is 0.235 e. The number of rotatable bonds is 4. The van der Waals surface area contributed by atoms with Crippen LogP contribution in [0.15, 0.2) is 12.7 Å². The molecule has 4 heteroatoms. The topological polar surface area (TPSA) is 63.4 Å². The SMILES string of the molecule is C=CC=O.CC(C)C(C(N)=O)N(C)C. The highest BCUT2D eigenvalue weighted by atomic mass is 16.1. The fourth-order valence-corrected chi connectivity index (χ4v) is 1.18. The van der Waals surface area contributed by atoms with Crippen molar-refractivity contribution in [2.24, 2.45) is 11.7 Å². The number of hydrogen-bond acceptors (Lipinski definition) is 3. The Balaban J connectivity index is 0. The summed E-state index contributed by atoms with van der Waals surface area (Å²) in [6.07, 6.45) is 1.83. The van der Waals surface area contributed by atoms with Gasteiger partial charge in [-0.1, -0.05) is 20.4 Å². The number of nitrogens with zero attached hydrogens (tertiary/aromatic N) is 1. The Morgan fingerprint density at radius 2 is 1.79 bits per heavy atom. The summed E-state index contributed by atoms with van der Waals surface area (Å²) in [5, 5.41) is 0. The van der Waals surface area contributed by atoms with Crippen LogP contribution in [0, 0.1) is 5.92 Å². The van der Waals surface area contributed by atoms with Crippen LogP contribution in [0.2, 0.25) is 0 Å². The molecule has 1 amide bonds. The highest BCUT2D eigenvalue weighted by Crippen LogP contribution is 2.05. The molecule has 0 aromatic rings. The third-order valence-corrected chi connectivity index (χ3v) is 1.58. The van der Waals surface area contributed by atoms with Gasteiger partial charge in [-0.3, -0.25) is 14.5 Å². The Labute approximate surface area is 85.8 Å². The van der Waals surface area contributed by atoms with Crippen LogP contribution in [0.4, 0.5) is 0 Å². The molecule has 0 aliphatic carbocycles. The lowest BCUT2D eigenvalue weighted by atomic mass is 10.0. The van der Waals surface area contributed by atoms with Gasteiger partial charge in [0.25, 0.3) is 0 Å². The van der Waals surface area contributed by atoms with Crippen LogP contribution in [0.5, 0.6) is 0 Å². The number of likely N-dealkylation sites (N-methyl/N-ethyl adjacent to an activating group) is 1. The van der Waals surface area contributed by atoms with Crippen LogP contribution in [0.1, 0.15) is 13.8 Å². The summed E-state index contributed by atoms with van der Waals surface area (Å²) in [6.45, 7) is 7.07. The maximum absolute atomic E-state index is 10.8. The summed E-state index contributed by atoms with van der Waals surface area (Å²) in [5.74, 6) is 0.0347. The summed E-state index contributed by atoms with van der Waals surface area (Å²) in [6, 6.07) is -0.139. The van der Waals surface area contributed by atoms with Crippen molar-refractivity contribution in [1.29, 1.82) is 0 Å². The van der Waals surface area contributed by atoms with E-state index in [0.29, 0.717) is 6.29 Å². The lowest BCUT2D eigenvalue weighted by Gasteiger charge is -2.24. The van der Waals surface area contributed by atoms with Crippen molar-refractivity contribution in [3.63, 3.8) is 0 Å². The van der Waals surface area contributed by atoms with Crippen molar-refractivity contribution >= 4 is 12.2 Å². The highest BCUT2D eigenvalue weighted by Gasteiger charge is 2.20. The standard InChI is InChI=1S/C7H16N2O.C3H4O/c1-5(2)6(7(8)10)9(3)4;1-2-3-4/h5-6H,1-4H3,(H2,8,10);2-3H,1H2. The van der Waals surface area contributed by atoms with E-state index >= 15 is 0 Å². The van der Waals surface area contributed by atoms with Crippen molar-refractivity contribution in [3.8, 4) is 0 Å². The zero-order chi connectivity index (χ0) is 11.7. The number of nitrogens with two attached hydrogens (primary N) is 1. The predicted molar refractivity (Wildman–Crippen MR) is 57.8 cm³/mol. The number of hydrogen-bond donors (Lipinski definition) is 1. The molecule has 14 heavy (non-hydrogen) atoms. The first kappa shape index (κ1) is 15.3. The number of carbonyl (C=O) groups excluding carboxylic acids is 2. The zero-order valence-corrected chi connectivity index (χ0v) is 9.36. The molecule has 0 spiro atoms. The largest absolute Gasteiger partial charge is 0.368 e. The molecule has 1 unspecified atom stereocenters. The van der Waals surface area contributed by atoms with Gasteiger partial charge in [-0.05, 0) is 26.1 Å². The second-order valence-electron chi connectivity index (χ2n) is 3.43. The average molecular weight is 200 g/mol. The summed E-state index contributed by atoms with van der Waals surface area (Å²) in [4.78, 5) is 21.7. The number of allylic oxidation sites excluding steroid dienone is 1. The van der Waals surface area contributed by atoms with Crippen molar-refractivity contribution in [2.45, 2.75) is 19.9 Å². The minimum atomic E-state index is -0.250. The van der Waals surface area contributed by atoms with E-state index < -0.39 is 0 Å². The monoisotopic (exact) mass is 200 g/mol. The lowest BCUT2D eigenvalue weighted by molar-refractivity contribution is -0.123. The Morgan fingerprint density at radius 3 is 1.79 bits per heavy atom. The highest BCUT2D eigenvalue weighted by molar-refractivity contribution is 5.80. The lowest BCUT2D eigenvalue weighted by Crippen LogP contribution is -2.43. The molecule has 0 saturated heterocycles. The maximum Gasteiger partial charge on any atom is 0.235 e. The molecule has 82 valence electrons. The molecule has 0 heterocycles. The fraction of sp³-hybridized carbons (Fsp3) is 0.600. The Bertz CT molecular complexity index is 175. The second kappa shape index (κ2) is 8.44. The van der Waals surface area contributed by atoms with Crippen LogP contribution in [0.3, 0.4) is 0 Å². The molecule has 0 fully saturated rings. The number of aldehydes is 1. The molecule has 2 N–H and O–H groups in total. The Kier molecular flexibility index (Phi) is 9.23. The van der Waals surface area contributed by atoms with Gasteiger partial charge in [-0.25, -0.2) is 0 Å². The maximum atomic E-state index is 10.8. The quantitative estimate of drug-likeness (QED) is 0.528. The first-order valence-electron chi connectivity index (χ1n) is 4.40. The van der Waals surface area contributed by atoms with Crippen LogP contribution in [-0.4, -0.2) is 37.2 Å². The van der Waals surface area contributed by atoms with Crippen LogP contribution in [0.25, 0.3) is 0 Å². The number of carbonyl (C=O) groups is 2. The minimum Gasteiger partial charge on any atom is -0.368 e. The fourth-order valence-electron chi connectivity index (χ4n) is 1.18. The van der Waals surface area contributed by atoms with Crippen molar-refractivity contribution < 1.29 is 9.59 Å². The van der Waals surface area contributed by atoms with Gasteiger partial charge >= 0.3 is 0 Å². The normalized spacial score (nSPS) is 11.6. The summed E-state index contributed by atoms with van der Waals surface area (Å²) >= 11 is 0. The Hall–Kier alpha value is -1.16. The predicted octanol–water partition coefficient (Wildman–Crippen LogP) is 0.429. The molecule has 0 rings (SSSR count). The third-order valence-electron chi connectivity index (χ3n) is 1.58. The van der Waals surface area contributed by atoms with Crippen molar-refractivity contribution in [1.82, 2.24) is 4.90 Å². The van der Waals surface area contributed by atoms with Gasteiger partial charge in [-0.2, -0.15) is 0 Å². The molecular formula is C10H20N2O2. The third kappa shape index (κ3) is 7.49. The summed E-state index contributed by atoms with van der Waals surface area (Å²) in [5.41, 5.74) is 5.16. The molecule has 0 aliphatic heterocycles. The van der Waals surface area contributed by atoms with Gasteiger partial charge in [0.15, 0.2) is 0 Å². The molecule has 1 atom stereocenters. The Morgan fingerprint density at radius 1 is 1.43 bits per heavy atom. The van der Waals surface area contributed by atoms with E-state index in [1.807, 2.05) is 32.8 Å². The van der Waals surface area contributed by atoms with E-state index in [1.54, 1.807) is 0 Å². The van der Waals surface area contributed by atoms with E-state index in [0.717, 1.165) is 0 Å². The number of primary amides is 1. The van der Waals surface area contributed by atoms with E-state index in [2.05, 4.69) is 6.58 Å². The zero-order valence-electron chi connectivity index (χ0n) is 9.36. The van der Waals surface area contributed by atoms with Gasteiger partial charge < -0.3 is 5.73 Å². The molecule has 4 nitrogen and oxygen atoms in total. The van der Waals surface area contributed by atoms with Gasteiger partial charge in [0.05, 0.1) is 6.04 Å². The molecule has 0 aromatic heterocycles. The molecule has 0 aliphatic rings. The summed E-state index contributed by atoms with van der Waals surface area (Å²) < 4.78 is 0. The molecule has 0 saturated carbocycles. The first-order chi connectivity index (χ1) is 6.38. The molecular weight excluding hydrogens is 180 g/mol. The van der Waals surface area contributed by atoms with Crippen LogP contribution >= 0.6 is 0 Å². The van der Waals surface area contributed by atoms with Gasteiger partial charge in [-0.15, -0.1) is 0 Å². The van der Waals surface area contributed by atoms with Crippen molar-refractivity contribution in [3.05, 3.63) is 12.7 Å². The van der Waals surface area contributed by atoms with Gasteiger partial charge in [0, 0.05) is 0 Å². The van der Waals surface area contributed by atoms with Gasteiger partial charge in [0.1, 0.15) is 6.29 Å². The van der Waals surface area contributed by atoms with Crippen LogP contribution < -0.4 is 5.73 Å². The van der Waals surface area contributed by atoms with E-state index in [1.165, 1.54) is 6.08 Å². The molecule has 0 radical (unpaired) electrons. The number of amides is 1. The van der Waals surface area contributed by atoms with Crippen LogP contribution in [-0.2, 0) is 9.59 Å². The minimum absolute atomic E-state index is 0.139. The summed E-state index contributed by atoms with van der Waals surface area (Å²) in [7, 11) is 3.71. The second-order valence-corrected chi connectivity index (χ2v) is 3.43. The van der Waals surface area contributed by atoms with E-state index in [9.17, 15) is 4.79 Å².